The van der Waals surface area contributed by atoms with Gasteiger partial charge < -0.3 is 15.2 Å². The number of methoxy groups -OCH3 is 1. The molecule has 1 rings (SSSR count). The minimum Gasteiger partial charge on any atom is -0.496 e. The molecule has 0 saturated carbocycles. The summed E-state index contributed by atoms with van der Waals surface area (Å²) in [6, 6.07) is 5.15. The summed E-state index contributed by atoms with van der Waals surface area (Å²) >= 11 is 5.83. The Labute approximate surface area is 99.3 Å². The maximum Gasteiger partial charge on any atom is 0.307 e. The van der Waals surface area contributed by atoms with Gasteiger partial charge in [0.15, 0.2) is 0 Å². The monoisotopic (exact) mass is 243 g/mol. The first-order valence-electron chi connectivity index (χ1n) is 4.85. The first-order valence-corrected chi connectivity index (χ1v) is 5.23. The second kappa shape index (κ2) is 6.35. The van der Waals surface area contributed by atoms with Gasteiger partial charge in [-0.15, -0.1) is 0 Å². The molecule has 0 heterocycles. The predicted octanol–water partition coefficient (Wildman–Crippen LogP) is 1.74. The topological polar surface area (TPSA) is 61.5 Å². The van der Waals surface area contributed by atoms with Gasteiger partial charge in [-0.3, -0.25) is 4.79 Å². The van der Waals surface area contributed by atoms with Crippen LogP contribution in [0, 0.1) is 0 Å². The van der Waals surface area contributed by atoms with Gasteiger partial charge in [-0.05, 0) is 18.2 Å². The van der Waals surface area contributed by atoms with Gasteiger partial charge in [0, 0.05) is 17.1 Å². The molecule has 1 aromatic rings. The lowest BCUT2D eigenvalue weighted by atomic mass is 10.2. The number of carbonyl (C=O) groups is 1. The Morgan fingerprint density at radius 3 is 2.88 bits per heavy atom. The lowest BCUT2D eigenvalue weighted by Gasteiger charge is -2.09. The van der Waals surface area contributed by atoms with E-state index in [1.165, 1.54) is 0 Å². The molecule has 2 N–H and O–H groups in total. The van der Waals surface area contributed by atoms with E-state index in [4.69, 9.17) is 26.8 Å². The molecule has 0 bridgehead atoms. The van der Waals surface area contributed by atoms with E-state index in [0.717, 1.165) is 5.56 Å². The van der Waals surface area contributed by atoms with Crippen LogP contribution in [0.2, 0.25) is 5.02 Å². The minimum absolute atomic E-state index is 0.141. The average molecular weight is 244 g/mol. The van der Waals surface area contributed by atoms with Gasteiger partial charge in [0.2, 0.25) is 0 Å². The molecular formula is C11H14ClNO3. The molecule has 4 nitrogen and oxygen atoms in total. The molecule has 0 amide bonds. The molecular weight excluding hydrogens is 230 g/mol. The first-order chi connectivity index (χ1) is 7.67. The zero-order chi connectivity index (χ0) is 12.0. The number of rotatable bonds is 5. The molecule has 1 aromatic carbocycles. The molecule has 0 aliphatic carbocycles. The van der Waals surface area contributed by atoms with Gasteiger partial charge in [-0.25, -0.2) is 0 Å². The molecule has 88 valence electrons. The van der Waals surface area contributed by atoms with Crippen molar-refractivity contribution in [3.8, 4) is 5.75 Å². The Hall–Kier alpha value is -1.26. The Morgan fingerprint density at radius 1 is 1.50 bits per heavy atom. The zero-order valence-electron chi connectivity index (χ0n) is 9.03. The largest absolute Gasteiger partial charge is 0.496 e. The van der Waals surface area contributed by atoms with E-state index >= 15 is 0 Å². The number of carbonyl (C=O) groups excluding carboxylic acids is 1. The fourth-order valence-corrected chi connectivity index (χ4v) is 1.40. The second-order valence-corrected chi connectivity index (χ2v) is 3.59. The van der Waals surface area contributed by atoms with Crippen LogP contribution in [0.25, 0.3) is 0 Å². The number of hydrogen-bond acceptors (Lipinski definition) is 4. The Bertz CT molecular complexity index is 368. The summed E-state index contributed by atoms with van der Waals surface area (Å²) in [4.78, 5) is 11.1. The van der Waals surface area contributed by atoms with Gasteiger partial charge in [-0.2, -0.15) is 0 Å². The van der Waals surface area contributed by atoms with E-state index in [0.29, 0.717) is 10.8 Å². The summed E-state index contributed by atoms with van der Waals surface area (Å²) in [6.45, 7) is 0.425. The fraction of sp³-hybridized carbons (Fsp3) is 0.364. The van der Waals surface area contributed by atoms with Crippen molar-refractivity contribution in [2.24, 2.45) is 5.73 Å². The maximum atomic E-state index is 11.1. The summed E-state index contributed by atoms with van der Waals surface area (Å²) in [6.07, 6.45) is 0.211. The smallest absolute Gasteiger partial charge is 0.307 e. The molecule has 0 unspecified atom stereocenters. The Kier molecular flexibility index (Phi) is 5.08. The van der Waals surface area contributed by atoms with Crippen LogP contribution in [0.5, 0.6) is 5.75 Å². The normalized spacial score (nSPS) is 9.94. The third-order valence-corrected chi connectivity index (χ3v) is 2.21. The van der Waals surface area contributed by atoms with Crippen molar-refractivity contribution in [1.82, 2.24) is 0 Å². The third-order valence-electron chi connectivity index (χ3n) is 1.98. The van der Waals surface area contributed by atoms with Crippen LogP contribution in [-0.2, 0) is 16.1 Å². The van der Waals surface area contributed by atoms with Crippen LogP contribution in [0.4, 0.5) is 0 Å². The minimum atomic E-state index is -0.329. The molecule has 0 aromatic heterocycles. The number of halogens is 1. The number of nitrogens with two attached hydrogens (primary N) is 1. The van der Waals surface area contributed by atoms with Gasteiger partial charge in [0.05, 0.1) is 13.5 Å². The summed E-state index contributed by atoms with van der Waals surface area (Å²) in [5.74, 6) is 0.314. The number of ether oxygens (including phenoxy) is 2. The second-order valence-electron chi connectivity index (χ2n) is 3.16. The Morgan fingerprint density at radius 2 is 2.25 bits per heavy atom. The van der Waals surface area contributed by atoms with Crippen LogP contribution in [-0.4, -0.2) is 19.6 Å². The van der Waals surface area contributed by atoms with Crippen LogP contribution in [0.3, 0.4) is 0 Å². The third kappa shape index (κ3) is 3.72. The summed E-state index contributed by atoms with van der Waals surface area (Å²) in [5, 5.41) is 0.575. The van der Waals surface area contributed by atoms with E-state index in [2.05, 4.69) is 0 Å². The lowest BCUT2D eigenvalue weighted by Crippen LogP contribution is -2.11. The number of benzene rings is 1. The summed E-state index contributed by atoms with van der Waals surface area (Å²) in [7, 11) is 1.55. The highest BCUT2D eigenvalue weighted by molar-refractivity contribution is 6.30. The molecule has 0 atom stereocenters. The standard InChI is InChI=1S/C11H14ClNO3/c1-15-10-3-2-9(12)6-8(10)7-16-11(14)4-5-13/h2-3,6H,4-5,7,13H2,1H3. The van der Waals surface area contributed by atoms with Crippen molar-refractivity contribution < 1.29 is 14.3 Å². The zero-order valence-corrected chi connectivity index (χ0v) is 9.79. The summed E-state index contributed by atoms with van der Waals surface area (Å²) in [5.41, 5.74) is 5.97. The highest BCUT2D eigenvalue weighted by Crippen LogP contribution is 2.23. The molecule has 0 saturated heterocycles. The van der Waals surface area contributed by atoms with Crippen LogP contribution >= 0.6 is 11.6 Å². The molecule has 0 aliphatic heterocycles. The summed E-state index contributed by atoms with van der Waals surface area (Å²) < 4.78 is 10.1. The van der Waals surface area contributed by atoms with Crippen molar-refractivity contribution >= 4 is 17.6 Å². The van der Waals surface area contributed by atoms with E-state index in [-0.39, 0.29) is 25.5 Å². The highest BCUT2D eigenvalue weighted by atomic mass is 35.5. The van der Waals surface area contributed by atoms with Gasteiger partial charge in [0.1, 0.15) is 12.4 Å². The fourth-order valence-electron chi connectivity index (χ4n) is 1.21. The molecule has 16 heavy (non-hydrogen) atoms. The van der Waals surface area contributed by atoms with Crippen molar-refractivity contribution in [1.29, 1.82) is 0 Å². The molecule has 0 spiro atoms. The van der Waals surface area contributed by atoms with E-state index in [1.54, 1.807) is 25.3 Å². The maximum absolute atomic E-state index is 11.1. The average Bonchev–Trinajstić information content (AvgIpc) is 2.27. The van der Waals surface area contributed by atoms with E-state index in [9.17, 15) is 4.79 Å². The quantitative estimate of drug-likeness (QED) is 0.801. The van der Waals surface area contributed by atoms with Gasteiger partial charge >= 0.3 is 5.97 Å². The molecule has 5 heteroatoms. The molecule has 0 radical (unpaired) electrons. The van der Waals surface area contributed by atoms with Crippen molar-refractivity contribution in [3.05, 3.63) is 28.8 Å². The van der Waals surface area contributed by atoms with Crippen LogP contribution in [0.1, 0.15) is 12.0 Å². The van der Waals surface area contributed by atoms with Gasteiger partial charge in [0.25, 0.3) is 0 Å². The molecule has 0 aliphatic rings. The van der Waals surface area contributed by atoms with Crippen molar-refractivity contribution in [3.63, 3.8) is 0 Å². The van der Waals surface area contributed by atoms with Crippen LogP contribution in [0.15, 0.2) is 18.2 Å². The van der Waals surface area contributed by atoms with Crippen molar-refractivity contribution in [2.45, 2.75) is 13.0 Å². The lowest BCUT2D eigenvalue weighted by molar-refractivity contribution is -0.144. The SMILES string of the molecule is COc1ccc(Cl)cc1COC(=O)CCN. The van der Waals surface area contributed by atoms with E-state index in [1.807, 2.05) is 0 Å². The molecule has 0 fully saturated rings. The highest BCUT2D eigenvalue weighted by Gasteiger charge is 2.07. The number of esters is 1. The first kappa shape index (κ1) is 12.8. The Balaban J connectivity index is 2.65. The number of hydrogen-bond donors (Lipinski definition) is 1. The van der Waals surface area contributed by atoms with E-state index < -0.39 is 0 Å². The van der Waals surface area contributed by atoms with Crippen LogP contribution < -0.4 is 10.5 Å². The van der Waals surface area contributed by atoms with Gasteiger partial charge in [-0.1, -0.05) is 11.6 Å². The predicted molar refractivity (Wildman–Crippen MR) is 61.5 cm³/mol. The van der Waals surface area contributed by atoms with Crippen molar-refractivity contribution in [2.75, 3.05) is 13.7 Å².